The van der Waals surface area contributed by atoms with Crippen molar-refractivity contribution in [2.45, 2.75) is 25.4 Å². The Balaban J connectivity index is 2.12. The molecule has 0 saturated carbocycles. The molecule has 3 aromatic rings. The number of hydrogen-bond donors (Lipinski definition) is 0. The molecule has 3 nitrogen and oxygen atoms in total. The van der Waals surface area contributed by atoms with Gasteiger partial charge in [0.2, 0.25) is 0 Å². The van der Waals surface area contributed by atoms with Gasteiger partial charge in [0.25, 0.3) is 0 Å². The van der Waals surface area contributed by atoms with Crippen LogP contribution >= 0.6 is 11.8 Å². The molecule has 0 saturated heterocycles. The van der Waals surface area contributed by atoms with Crippen LogP contribution in [0, 0.1) is 0 Å². The first-order valence-corrected chi connectivity index (χ1v) is 8.55. The van der Waals surface area contributed by atoms with E-state index in [2.05, 4.69) is 65.0 Å². The molecule has 0 unspecified atom stereocenters. The van der Waals surface area contributed by atoms with Crippen LogP contribution in [0.5, 0.6) is 0 Å². The minimum absolute atomic E-state index is 0.890. The number of aryl methyl sites for hydroxylation is 1. The predicted molar refractivity (Wildman–Crippen MR) is 92.6 cm³/mol. The predicted octanol–water partition coefficient (Wildman–Crippen LogP) is 4.61. The van der Waals surface area contributed by atoms with Gasteiger partial charge in [-0.2, -0.15) is 0 Å². The van der Waals surface area contributed by atoms with Crippen molar-refractivity contribution in [3.63, 3.8) is 0 Å². The second-order valence-corrected chi connectivity index (χ2v) is 6.19. The smallest absolute Gasteiger partial charge is 0.196 e. The van der Waals surface area contributed by atoms with Crippen molar-refractivity contribution in [3.8, 4) is 17.1 Å². The van der Waals surface area contributed by atoms with E-state index in [1.54, 1.807) is 11.8 Å². The van der Waals surface area contributed by atoms with Crippen molar-refractivity contribution in [1.82, 2.24) is 14.8 Å². The molecular formula is C18H19N3S. The normalized spacial score (nSPS) is 10.8. The zero-order valence-electron chi connectivity index (χ0n) is 12.9. The van der Waals surface area contributed by atoms with Crippen molar-refractivity contribution in [2.24, 2.45) is 0 Å². The lowest BCUT2D eigenvalue weighted by molar-refractivity contribution is 0.886. The number of nitrogens with zero attached hydrogens (tertiary/aromatic N) is 3. The first-order chi connectivity index (χ1) is 10.8. The van der Waals surface area contributed by atoms with Gasteiger partial charge in [0.15, 0.2) is 11.0 Å². The monoisotopic (exact) mass is 309 g/mol. The third-order valence-corrected chi connectivity index (χ3v) is 4.35. The van der Waals surface area contributed by atoms with Gasteiger partial charge in [0.05, 0.1) is 0 Å². The molecule has 112 valence electrons. The molecule has 0 atom stereocenters. The minimum atomic E-state index is 0.890. The average Bonchev–Trinajstić information content (AvgIpc) is 3.00. The lowest BCUT2D eigenvalue weighted by Gasteiger charge is -2.10. The van der Waals surface area contributed by atoms with Gasteiger partial charge >= 0.3 is 0 Å². The molecule has 1 aromatic heterocycles. The van der Waals surface area contributed by atoms with Gasteiger partial charge < -0.3 is 0 Å². The van der Waals surface area contributed by atoms with Crippen molar-refractivity contribution in [3.05, 3.63) is 60.2 Å². The molecule has 0 spiro atoms. The summed E-state index contributed by atoms with van der Waals surface area (Å²) in [6.07, 6.45) is 1.05. The van der Waals surface area contributed by atoms with Crippen LogP contribution in [-0.4, -0.2) is 20.5 Å². The van der Waals surface area contributed by atoms with E-state index >= 15 is 0 Å². The molecule has 3 rings (SSSR count). The molecule has 0 aliphatic carbocycles. The summed E-state index contributed by atoms with van der Waals surface area (Å²) in [4.78, 5) is 0. The number of benzene rings is 2. The number of rotatable bonds is 5. The van der Waals surface area contributed by atoms with Gasteiger partial charge in [-0.3, -0.25) is 4.57 Å². The van der Waals surface area contributed by atoms with Crippen LogP contribution in [0.2, 0.25) is 0 Å². The minimum Gasteiger partial charge on any atom is -0.270 e. The van der Waals surface area contributed by atoms with Crippen LogP contribution in [-0.2, 0) is 6.42 Å². The van der Waals surface area contributed by atoms with Crippen LogP contribution in [0.25, 0.3) is 17.1 Å². The quantitative estimate of drug-likeness (QED) is 0.645. The van der Waals surface area contributed by atoms with Crippen LogP contribution in [0.4, 0.5) is 0 Å². The second-order valence-electron chi connectivity index (χ2n) is 4.96. The van der Waals surface area contributed by atoms with E-state index in [9.17, 15) is 0 Å². The van der Waals surface area contributed by atoms with Gasteiger partial charge in [-0.05, 0) is 29.9 Å². The highest BCUT2D eigenvalue weighted by Gasteiger charge is 2.15. The summed E-state index contributed by atoms with van der Waals surface area (Å²) in [7, 11) is 0. The maximum Gasteiger partial charge on any atom is 0.196 e. The molecule has 2 aromatic carbocycles. The summed E-state index contributed by atoms with van der Waals surface area (Å²) in [6.45, 7) is 4.30. The highest BCUT2D eigenvalue weighted by atomic mass is 32.2. The summed E-state index contributed by atoms with van der Waals surface area (Å²) in [5, 5.41) is 9.73. The van der Waals surface area contributed by atoms with E-state index < -0.39 is 0 Å². The molecule has 0 aliphatic heterocycles. The Morgan fingerprint density at radius 3 is 2.27 bits per heavy atom. The zero-order chi connectivity index (χ0) is 15.4. The Bertz CT molecular complexity index is 733. The van der Waals surface area contributed by atoms with Crippen molar-refractivity contribution in [1.29, 1.82) is 0 Å². The first-order valence-electron chi connectivity index (χ1n) is 7.56. The van der Waals surface area contributed by atoms with E-state index in [4.69, 9.17) is 0 Å². The molecule has 0 aliphatic rings. The van der Waals surface area contributed by atoms with E-state index in [0.717, 1.165) is 34.4 Å². The molecule has 0 N–H and O–H groups in total. The lowest BCUT2D eigenvalue weighted by atomic mass is 10.1. The lowest BCUT2D eigenvalue weighted by Crippen LogP contribution is -2.00. The number of thioether (sulfide) groups is 1. The van der Waals surface area contributed by atoms with Crippen molar-refractivity contribution in [2.75, 3.05) is 5.75 Å². The van der Waals surface area contributed by atoms with Gasteiger partial charge in [0.1, 0.15) is 0 Å². The Morgan fingerprint density at radius 2 is 1.64 bits per heavy atom. The molecule has 0 fully saturated rings. The Morgan fingerprint density at radius 1 is 0.909 bits per heavy atom. The maximum atomic E-state index is 4.42. The maximum absolute atomic E-state index is 4.42. The second kappa shape index (κ2) is 6.79. The summed E-state index contributed by atoms with van der Waals surface area (Å²) < 4.78 is 2.14. The SMILES string of the molecule is CCSc1nnc(-c2ccccc2)n1-c1ccc(CC)cc1. The third kappa shape index (κ3) is 2.92. The Kier molecular flexibility index (Phi) is 4.59. The molecular weight excluding hydrogens is 290 g/mol. The van der Waals surface area contributed by atoms with E-state index in [1.807, 2.05) is 18.2 Å². The summed E-state index contributed by atoms with van der Waals surface area (Å²) in [6, 6.07) is 18.9. The third-order valence-electron chi connectivity index (χ3n) is 3.54. The molecule has 22 heavy (non-hydrogen) atoms. The van der Waals surface area contributed by atoms with Crippen LogP contribution in [0.15, 0.2) is 59.8 Å². The molecule has 0 radical (unpaired) electrons. The average molecular weight is 309 g/mol. The van der Waals surface area contributed by atoms with Crippen LogP contribution in [0.3, 0.4) is 0 Å². The van der Waals surface area contributed by atoms with Crippen LogP contribution in [0.1, 0.15) is 19.4 Å². The highest BCUT2D eigenvalue weighted by Crippen LogP contribution is 2.27. The van der Waals surface area contributed by atoms with Crippen molar-refractivity contribution >= 4 is 11.8 Å². The topological polar surface area (TPSA) is 30.7 Å². The number of hydrogen-bond acceptors (Lipinski definition) is 3. The molecule has 4 heteroatoms. The first kappa shape index (κ1) is 14.9. The standard InChI is InChI=1S/C18H19N3S/c1-3-14-10-12-16(13-11-14)21-17(15-8-6-5-7-9-15)19-20-18(21)22-4-2/h5-13H,3-4H2,1-2H3. The number of aromatic nitrogens is 3. The van der Waals surface area contributed by atoms with Gasteiger partial charge in [-0.25, -0.2) is 0 Å². The van der Waals surface area contributed by atoms with E-state index in [0.29, 0.717) is 0 Å². The molecule has 1 heterocycles. The van der Waals surface area contributed by atoms with Gasteiger partial charge in [0, 0.05) is 11.3 Å². The summed E-state index contributed by atoms with van der Waals surface area (Å²) in [5.74, 6) is 1.86. The Hall–Kier alpha value is -2.07. The largest absolute Gasteiger partial charge is 0.270 e. The zero-order valence-corrected chi connectivity index (χ0v) is 13.7. The van der Waals surface area contributed by atoms with E-state index in [1.165, 1.54) is 5.56 Å². The van der Waals surface area contributed by atoms with Crippen LogP contribution < -0.4 is 0 Å². The Labute approximate surface area is 135 Å². The van der Waals surface area contributed by atoms with Crippen molar-refractivity contribution < 1.29 is 0 Å². The highest BCUT2D eigenvalue weighted by molar-refractivity contribution is 7.99. The van der Waals surface area contributed by atoms with Gasteiger partial charge in [-0.15, -0.1) is 10.2 Å². The molecule has 0 bridgehead atoms. The van der Waals surface area contributed by atoms with Gasteiger partial charge in [-0.1, -0.05) is 68.1 Å². The molecule has 0 amide bonds. The fourth-order valence-electron chi connectivity index (χ4n) is 2.38. The summed E-state index contributed by atoms with van der Waals surface area (Å²) in [5.41, 5.74) is 3.53. The fraction of sp³-hybridized carbons (Fsp3) is 0.222. The summed E-state index contributed by atoms with van der Waals surface area (Å²) >= 11 is 1.71. The fourth-order valence-corrected chi connectivity index (χ4v) is 3.06. The van der Waals surface area contributed by atoms with E-state index in [-0.39, 0.29) is 0 Å².